The number of rotatable bonds is 5. The van der Waals surface area contributed by atoms with Crippen molar-refractivity contribution in [3.05, 3.63) is 30.1 Å². The molecule has 1 heterocycles. The van der Waals surface area contributed by atoms with E-state index in [1.807, 2.05) is 18.3 Å². The summed E-state index contributed by atoms with van der Waals surface area (Å²) in [5.41, 5.74) is 6.83. The van der Waals surface area contributed by atoms with Gasteiger partial charge in [-0.2, -0.15) is 0 Å². The molecular weight excluding hydrogens is 286 g/mol. The number of hydrogen-bond donors (Lipinski definition) is 2. The lowest BCUT2D eigenvalue weighted by atomic mass is 9.77. The number of nitrogens with two attached hydrogens (primary N) is 1. The second kappa shape index (κ2) is 7.91. The lowest BCUT2D eigenvalue weighted by molar-refractivity contribution is -0.126. The van der Waals surface area contributed by atoms with E-state index in [1.165, 1.54) is 25.7 Å². The molecule has 1 aromatic heterocycles. The van der Waals surface area contributed by atoms with E-state index in [0.29, 0.717) is 11.8 Å². The third-order valence-corrected chi connectivity index (χ3v) is 5.73. The quantitative estimate of drug-likeness (QED) is 0.877. The SMILES string of the molecule is NCC1CCC(C(NC(=O)C2CCCC2)c2ccccn2)CC1. The molecule has 1 aromatic rings. The van der Waals surface area contributed by atoms with Crippen molar-refractivity contribution < 1.29 is 4.79 Å². The zero-order valence-electron chi connectivity index (χ0n) is 13.9. The van der Waals surface area contributed by atoms with Gasteiger partial charge in [-0.3, -0.25) is 9.78 Å². The topological polar surface area (TPSA) is 68.0 Å². The predicted molar refractivity (Wildman–Crippen MR) is 91.6 cm³/mol. The van der Waals surface area contributed by atoms with Crippen LogP contribution in [-0.2, 0) is 4.79 Å². The molecule has 2 fully saturated rings. The van der Waals surface area contributed by atoms with Gasteiger partial charge in [0.1, 0.15) is 0 Å². The Labute approximate surface area is 139 Å². The summed E-state index contributed by atoms with van der Waals surface area (Å²) in [6.07, 6.45) is 10.9. The van der Waals surface area contributed by atoms with Crippen molar-refractivity contribution >= 4 is 5.91 Å². The average Bonchev–Trinajstić information content (AvgIpc) is 3.15. The van der Waals surface area contributed by atoms with Crippen LogP contribution in [0.2, 0.25) is 0 Å². The molecule has 4 heteroatoms. The van der Waals surface area contributed by atoms with Crippen LogP contribution in [0.5, 0.6) is 0 Å². The molecule has 2 aliphatic rings. The molecule has 1 unspecified atom stereocenters. The summed E-state index contributed by atoms with van der Waals surface area (Å²) < 4.78 is 0. The molecule has 0 aromatic carbocycles. The monoisotopic (exact) mass is 315 g/mol. The first-order chi connectivity index (χ1) is 11.3. The van der Waals surface area contributed by atoms with Gasteiger partial charge in [-0.05, 0) is 69.0 Å². The molecule has 2 saturated carbocycles. The number of carbonyl (C=O) groups is 1. The maximum absolute atomic E-state index is 12.6. The molecule has 1 amide bonds. The third-order valence-electron chi connectivity index (χ3n) is 5.73. The minimum Gasteiger partial charge on any atom is -0.347 e. The van der Waals surface area contributed by atoms with Gasteiger partial charge in [0.2, 0.25) is 5.91 Å². The van der Waals surface area contributed by atoms with Gasteiger partial charge in [0.15, 0.2) is 0 Å². The largest absolute Gasteiger partial charge is 0.347 e. The summed E-state index contributed by atoms with van der Waals surface area (Å²) in [5, 5.41) is 3.35. The van der Waals surface area contributed by atoms with E-state index >= 15 is 0 Å². The van der Waals surface area contributed by atoms with Crippen LogP contribution >= 0.6 is 0 Å². The highest BCUT2D eigenvalue weighted by Gasteiger charge is 2.32. The normalized spacial score (nSPS) is 26.8. The first-order valence-corrected chi connectivity index (χ1v) is 9.19. The molecular formula is C19H29N3O. The fourth-order valence-electron chi connectivity index (χ4n) is 4.21. The second-order valence-electron chi connectivity index (χ2n) is 7.24. The summed E-state index contributed by atoms with van der Waals surface area (Å²) in [6, 6.07) is 6.06. The highest BCUT2D eigenvalue weighted by molar-refractivity contribution is 5.79. The summed E-state index contributed by atoms with van der Waals surface area (Å²) >= 11 is 0. The van der Waals surface area contributed by atoms with Gasteiger partial charge in [0.05, 0.1) is 11.7 Å². The van der Waals surface area contributed by atoms with Crippen molar-refractivity contribution in [1.29, 1.82) is 0 Å². The van der Waals surface area contributed by atoms with E-state index in [2.05, 4.69) is 16.4 Å². The van der Waals surface area contributed by atoms with Crippen LogP contribution in [0.25, 0.3) is 0 Å². The van der Waals surface area contributed by atoms with E-state index in [4.69, 9.17) is 5.73 Å². The first kappa shape index (κ1) is 16.4. The average molecular weight is 315 g/mol. The molecule has 1 atom stereocenters. The van der Waals surface area contributed by atoms with Crippen LogP contribution in [0.4, 0.5) is 0 Å². The van der Waals surface area contributed by atoms with E-state index < -0.39 is 0 Å². The van der Waals surface area contributed by atoms with Crippen molar-refractivity contribution in [3.8, 4) is 0 Å². The maximum atomic E-state index is 12.6. The van der Waals surface area contributed by atoms with E-state index in [0.717, 1.165) is 37.9 Å². The summed E-state index contributed by atoms with van der Waals surface area (Å²) in [7, 11) is 0. The van der Waals surface area contributed by atoms with Gasteiger partial charge >= 0.3 is 0 Å². The standard InChI is InChI=1S/C19H29N3O/c20-13-14-8-10-15(11-9-14)18(17-7-3-4-12-21-17)22-19(23)16-5-1-2-6-16/h3-4,7,12,14-16,18H,1-2,5-6,8-11,13,20H2,(H,22,23). The summed E-state index contributed by atoms with van der Waals surface area (Å²) in [4.78, 5) is 17.2. The molecule has 0 spiro atoms. The van der Waals surface area contributed by atoms with Crippen LogP contribution in [0, 0.1) is 17.8 Å². The third kappa shape index (κ3) is 4.11. The molecule has 0 aliphatic heterocycles. The van der Waals surface area contributed by atoms with Gasteiger partial charge in [-0.15, -0.1) is 0 Å². The fourth-order valence-corrected chi connectivity index (χ4v) is 4.21. The number of carbonyl (C=O) groups excluding carboxylic acids is 1. The zero-order valence-corrected chi connectivity index (χ0v) is 13.9. The van der Waals surface area contributed by atoms with Crippen LogP contribution < -0.4 is 11.1 Å². The first-order valence-electron chi connectivity index (χ1n) is 9.19. The smallest absolute Gasteiger partial charge is 0.223 e. The molecule has 4 nitrogen and oxygen atoms in total. The molecule has 23 heavy (non-hydrogen) atoms. The lowest BCUT2D eigenvalue weighted by Crippen LogP contribution is -2.38. The highest BCUT2D eigenvalue weighted by atomic mass is 16.1. The van der Waals surface area contributed by atoms with Crippen LogP contribution in [0.15, 0.2) is 24.4 Å². The van der Waals surface area contributed by atoms with Crippen LogP contribution in [0.1, 0.15) is 63.1 Å². The van der Waals surface area contributed by atoms with E-state index in [9.17, 15) is 4.79 Å². The summed E-state index contributed by atoms with van der Waals surface area (Å²) in [6.45, 7) is 0.787. The van der Waals surface area contributed by atoms with Crippen LogP contribution in [0.3, 0.4) is 0 Å². The Balaban J connectivity index is 1.70. The van der Waals surface area contributed by atoms with E-state index in [-0.39, 0.29) is 17.9 Å². The Morgan fingerprint density at radius 3 is 2.52 bits per heavy atom. The molecule has 0 radical (unpaired) electrons. The highest BCUT2D eigenvalue weighted by Crippen LogP contribution is 2.36. The van der Waals surface area contributed by atoms with Crippen LogP contribution in [-0.4, -0.2) is 17.4 Å². The number of nitrogens with one attached hydrogen (secondary N) is 1. The van der Waals surface area contributed by atoms with Crippen molar-refractivity contribution in [2.45, 2.75) is 57.4 Å². The Morgan fingerprint density at radius 2 is 1.91 bits per heavy atom. The number of pyridine rings is 1. The Bertz CT molecular complexity index is 491. The van der Waals surface area contributed by atoms with Crippen molar-refractivity contribution in [2.75, 3.05) is 6.54 Å². The Kier molecular flexibility index (Phi) is 5.65. The van der Waals surface area contributed by atoms with Gasteiger partial charge in [0, 0.05) is 12.1 Å². The van der Waals surface area contributed by atoms with Gasteiger partial charge in [0.25, 0.3) is 0 Å². The summed E-state index contributed by atoms with van der Waals surface area (Å²) in [5.74, 6) is 1.58. The van der Waals surface area contributed by atoms with Crippen molar-refractivity contribution in [3.63, 3.8) is 0 Å². The fraction of sp³-hybridized carbons (Fsp3) is 0.684. The van der Waals surface area contributed by atoms with Crippen molar-refractivity contribution in [2.24, 2.45) is 23.5 Å². The Morgan fingerprint density at radius 1 is 1.17 bits per heavy atom. The lowest BCUT2D eigenvalue weighted by Gasteiger charge is -2.34. The van der Waals surface area contributed by atoms with E-state index in [1.54, 1.807) is 0 Å². The molecule has 3 rings (SSSR count). The second-order valence-corrected chi connectivity index (χ2v) is 7.24. The Hall–Kier alpha value is -1.42. The number of hydrogen-bond acceptors (Lipinski definition) is 3. The molecule has 0 saturated heterocycles. The molecule has 0 bridgehead atoms. The number of aromatic nitrogens is 1. The van der Waals surface area contributed by atoms with Gasteiger partial charge in [-0.1, -0.05) is 18.9 Å². The minimum absolute atomic E-state index is 0.0584. The van der Waals surface area contributed by atoms with Gasteiger partial charge < -0.3 is 11.1 Å². The van der Waals surface area contributed by atoms with Crippen molar-refractivity contribution in [1.82, 2.24) is 10.3 Å². The maximum Gasteiger partial charge on any atom is 0.223 e. The number of nitrogens with zero attached hydrogens (tertiary/aromatic N) is 1. The zero-order chi connectivity index (χ0) is 16.1. The predicted octanol–water partition coefficient (Wildman–Crippen LogP) is 3.19. The van der Waals surface area contributed by atoms with Gasteiger partial charge in [-0.25, -0.2) is 0 Å². The molecule has 2 aliphatic carbocycles. The molecule has 3 N–H and O–H groups in total. The minimum atomic E-state index is 0.0584. The number of amides is 1. The molecule has 126 valence electrons.